The van der Waals surface area contributed by atoms with Gasteiger partial charge in [-0.25, -0.2) is 4.98 Å². The fraction of sp³-hybridized carbons (Fsp3) is 0.194. The number of carbonyl (C=O) groups is 1. The van der Waals surface area contributed by atoms with Crippen LogP contribution in [0.1, 0.15) is 40.6 Å². The van der Waals surface area contributed by atoms with Gasteiger partial charge in [-0.05, 0) is 72.9 Å². The minimum atomic E-state index is -1.33. The second-order valence-corrected chi connectivity index (χ2v) is 9.53. The van der Waals surface area contributed by atoms with Crippen molar-refractivity contribution in [2.75, 3.05) is 0 Å². The minimum absolute atomic E-state index is 0.116. The molecule has 5 rings (SSSR count). The highest BCUT2D eigenvalue weighted by molar-refractivity contribution is 5.80. The number of pyridine rings is 2. The summed E-state index contributed by atoms with van der Waals surface area (Å²) in [7, 11) is 0. The number of aliphatic hydroxyl groups is 1. The zero-order chi connectivity index (χ0) is 26.0. The molecule has 0 aliphatic carbocycles. The number of hydrogen-bond acceptors (Lipinski definition) is 5. The van der Waals surface area contributed by atoms with Crippen LogP contribution >= 0.6 is 0 Å². The molecule has 1 amide bonds. The summed E-state index contributed by atoms with van der Waals surface area (Å²) in [6.07, 6.45) is 3.40. The fourth-order valence-electron chi connectivity index (χ4n) is 4.60. The molecular weight excluding hydrogens is 462 g/mol. The Hall–Kier alpha value is -4.29. The van der Waals surface area contributed by atoms with E-state index in [1.54, 1.807) is 49.6 Å². The Kier molecular flexibility index (Phi) is 6.59. The van der Waals surface area contributed by atoms with Gasteiger partial charge in [-0.2, -0.15) is 0 Å². The van der Waals surface area contributed by atoms with Crippen LogP contribution in [0.5, 0.6) is 0 Å². The molecule has 0 unspecified atom stereocenters. The first-order valence-electron chi connectivity index (χ1n) is 12.3. The van der Waals surface area contributed by atoms with Crippen molar-refractivity contribution in [3.63, 3.8) is 0 Å². The molecule has 0 radical (unpaired) electrons. The highest BCUT2D eigenvalue weighted by Crippen LogP contribution is 2.32. The molecule has 2 N–H and O–H groups in total. The molecular formula is C31H29N3O3. The Morgan fingerprint density at radius 1 is 0.973 bits per heavy atom. The molecule has 3 heterocycles. The number of nitrogens with zero attached hydrogens (tertiary/aromatic N) is 2. The standard InChI is InChI=1S/C31H29N3O3/c1-20-8-10-25(21(2)16-20)26-7-5-4-6-22(26)19-33-30(35)17-24-9-11-28-27(34-24)18-29(37-28)31(3,36)23-12-14-32-15-13-23/h4-16,18,36H,17,19H2,1-3H3,(H,33,35)/t31-/m0/s1. The van der Waals surface area contributed by atoms with Crippen LogP contribution in [0.15, 0.2) is 89.6 Å². The molecule has 1 atom stereocenters. The predicted molar refractivity (Wildman–Crippen MR) is 144 cm³/mol. The Morgan fingerprint density at radius 2 is 1.76 bits per heavy atom. The first-order valence-corrected chi connectivity index (χ1v) is 12.3. The van der Waals surface area contributed by atoms with E-state index >= 15 is 0 Å². The van der Waals surface area contributed by atoms with E-state index in [-0.39, 0.29) is 12.3 Å². The highest BCUT2D eigenvalue weighted by Gasteiger charge is 2.30. The zero-order valence-electron chi connectivity index (χ0n) is 21.2. The maximum atomic E-state index is 12.8. The van der Waals surface area contributed by atoms with Crippen LogP contribution in [0.2, 0.25) is 0 Å². The monoisotopic (exact) mass is 491 g/mol. The SMILES string of the molecule is Cc1ccc(-c2ccccc2CNC(=O)Cc2ccc3oc([C@@](C)(O)c4ccncc4)cc3n2)c(C)c1. The van der Waals surface area contributed by atoms with Crippen LogP contribution < -0.4 is 5.32 Å². The summed E-state index contributed by atoms with van der Waals surface area (Å²) in [5.74, 6) is 0.264. The number of amides is 1. The Bertz CT molecular complexity index is 1570. The lowest BCUT2D eigenvalue weighted by atomic mass is 9.94. The van der Waals surface area contributed by atoms with Gasteiger partial charge in [0.15, 0.2) is 5.58 Å². The molecule has 6 heteroatoms. The van der Waals surface area contributed by atoms with Crippen LogP contribution in [0.4, 0.5) is 0 Å². The van der Waals surface area contributed by atoms with Crippen molar-refractivity contribution in [1.82, 2.24) is 15.3 Å². The molecule has 3 aromatic heterocycles. The summed E-state index contributed by atoms with van der Waals surface area (Å²) >= 11 is 0. The second-order valence-electron chi connectivity index (χ2n) is 9.53. The number of hydrogen-bond donors (Lipinski definition) is 2. The van der Waals surface area contributed by atoms with Crippen molar-refractivity contribution in [2.24, 2.45) is 0 Å². The summed E-state index contributed by atoms with van der Waals surface area (Å²) in [5.41, 5.74) is 6.89. The van der Waals surface area contributed by atoms with Crippen LogP contribution in [0.3, 0.4) is 0 Å². The Morgan fingerprint density at radius 3 is 2.54 bits per heavy atom. The van der Waals surface area contributed by atoms with Crippen LogP contribution in [-0.2, 0) is 23.4 Å². The molecule has 6 nitrogen and oxygen atoms in total. The van der Waals surface area contributed by atoms with Gasteiger partial charge in [0.25, 0.3) is 0 Å². The van der Waals surface area contributed by atoms with E-state index < -0.39 is 5.60 Å². The number of rotatable bonds is 7. The van der Waals surface area contributed by atoms with Crippen molar-refractivity contribution >= 4 is 17.0 Å². The lowest BCUT2D eigenvalue weighted by molar-refractivity contribution is -0.120. The third-order valence-corrected chi connectivity index (χ3v) is 6.66. The van der Waals surface area contributed by atoms with E-state index in [0.29, 0.717) is 34.7 Å². The summed E-state index contributed by atoms with van der Waals surface area (Å²) < 4.78 is 5.89. The van der Waals surface area contributed by atoms with E-state index in [4.69, 9.17) is 4.42 Å². The van der Waals surface area contributed by atoms with Crippen LogP contribution in [0.25, 0.3) is 22.2 Å². The van der Waals surface area contributed by atoms with Crippen molar-refractivity contribution in [3.8, 4) is 11.1 Å². The van der Waals surface area contributed by atoms with E-state index in [1.807, 2.05) is 18.2 Å². The molecule has 0 saturated heterocycles. The minimum Gasteiger partial charge on any atom is -0.456 e. The quantitative estimate of drug-likeness (QED) is 0.308. The molecule has 0 spiro atoms. The molecule has 0 aliphatic rings. The summed E-state index contributed by atoms with van der Waals surface area (Å²) in [5, 5.41) is 14.1. The van der Waals surface area contributed by atoms with Gasteiger partial charge in [-0.1, -0.05) is 48.0 Å². The van der Waals surface area contributed by atoms with Crippen molar-refractivity contribution in [3.05, 3.63) is 119 Å². The van der Waals surface area contributed by atoms with Crippen LogP contribution in [-0.4, -0.2) is 21.0 Å². The van der Waals surface area contributed by atoms with E-state index in [2.05, 4.69) is 53.4 Å². The maximum Gasteiger partial charge on any atom is 0.226 e. The molecule has 37 heavy (non-hydrogen) atoms. The second kappa shape index (κ2) is 9.99. The molecule has 0 aliphatic heterocycles. The van der Waals surface area contributed by atoms with Crippen molar-refractivity contribution < 1.29 is 14.3 Å². The van der Waals surface area contributed by atoms with E-state index in [1.165, 1.54) is 16.7 Å². The van der Waals surface area contributed by atoms with Gasteiger partial charge in [0.2, 0.25) is 5.91 Å². The smallest absolute Gasteiger partial charge is 0.226 e. The number of furan rings is 1. The number of fused-ring (bicyclic) bond motifs is 1. The molecule has 0 saturated carbocycles. The zero-order valence-corrected chi connectivity index (χ0v) is 21.2. The maximum absolute atomic E-state index is 12.8. The molecule has 0 fully saturated rings. The molecule has 0 bridgehead atoms. The fourth-order valence-corrected chi connectivity index (χ4v) is 4.60. The van der Waals surface area contributed by atoms with Crippen LogP contribution in [0, 0.1) is 13.8 Å². The first-order chi connectivity index (χ1) is 17.8. The predicted octanol–water partition coefficient (Wildman–Crippen LogP) is 5.62. The van der Waals surface area contributed by atoms with E-state index in [0.717, 1.165) is 11.1 Å². The first kappa shape index (κ1) is 24.4. The topological polar surface area (TPSA) is 88.2 Å². The Balaban J connectivity index is 1.29. The summed E-state index contributed by atoms with van der Waals surface area (Å²) in [6.45, 7) is 6.29. The van der Waals surface area contributed by atoms with Crippen molar-refractivity contribution in [1.29, 1.82) is 0 Å². The number of aryl methyl sites for hydroxylation is 2. The van der Waals surface area contributed by atoms with Gasteiger partial charge in [0, 0.05) is 25.0 Å². The van der Waals surface area contributed by atoms with E-state index in [9.17, 15) is 9.90 Å². The van der Waals surface area contributed by atoms with Crippen molar-refractivity contribution in [2.45, 2.75) is 39.3 Å². The van der Waals surface area contributed by atoms with Gasteiger partial charge in [0.1, 0.15) is 16.9 Å². The third-order valence-electron chi connectivity index (χ3n) is 6.66. The number of aromatic nitrogens is 2. The van der Waals surface area contributed by atoms with Gasteiger partial charge in [-0.15, -0.1) is 0 Å². The number of nitrogens with one attached hydrogen (secondary N) is 1. The number of carbonyl (C=O) groups excluding carboxylic acids is 1. The van der Waals surface area contributed by atoms with Gasteiger partial charge in [-0.3, -0.25) is 9.78 Å². The van der Waals surface area contributed by atoms with Gasteiger partial charge in [0.05, 0.1) is 12.1 Å². The third kappa shape index (κ3) is 5.15. The average molecular weight is 492 g/mol. The molecule has 2 aromatic carbocycles. The normalized spacial score (nSPS) is 12.9. The lowest BCUT2D eigenvalue weighted by Gasteiger charge is -2.20. The largest absolute Gasteiger partial charge is 0.456 e. The summed E-state index contributed by atoms with van der Waals surface area (Å²) in [4.78, 5) is 21.4. The number of benzene rings is 2. The molecule has 186 valence electrons. The average Bonchev–Trinajstić information content (AvgIpc) is 3.33. The molecule has 5 aromatic rings. The van der Waals surface area contributed by atoms with Gasteiger partial charge < -0.3 is 14.8 Å². The summed E-state index contributed by atoms with van der Waals surface area (Å²) in [6, 6.07) is 23.3. The Labute approximate surface area is 216 Å². The van der Waals surface area contributed by atoms with Gasteiger partial charge >= 0.3 is 0 Å². The lowest BCUT2D eigenvalue weighted by Crippen LogP contribution is -2.25. The highest BCUT2D eigenvalue weighted by atomic mass is 16.4.